The van der Waals surface area contributed by atoms with Crippen molar-refractivity contribution in [2.75, 3.05) is 27.8 Å². The lowest BCUT2D eigenvalue weighted by Crippen LogP contribution is -2.33. The molecule has 0 fully saturated rings. The second kappa shape index (κ2) is 10.4. The summed E-state index contributed by atoms with van der Waals surface area (Å²) < 4.78 is 22.0. The van der Waals surface area contributed by atoms with E-state index in [9.17, 15) is 20.1 Å². The molecular formula is C24H24B2O8. The lowest BCUT2D eigenvalue weighted by molar-refractivity contribution is 0.0507. The highest BCUT2D eigenvalue weighted by molar-refractivity contribution is 6.61. The number of hydrogen-bond donors (Lipinski definition) is 4. The third-order valence-corrected chi connectivity index (χ3v) is 5.51. The first kappa shape index (κ1) is 24.0. The van der Waals surface area contributed by atoms with Gasteiger partial charge in [0.1, 0.15) is 11.5 Å². The van der Waals surface area contributed by atoms with Crippen molar-refractivity contribution in [2.24, 2.45) is 0 Å². The Kier molecular flexibility index (Phi) is 7.38. The van der Waals surface area contributed by atoms with Crippen LogP contribution in [0.1, 0.15) is 0 Å². The van der Waals surface area contributed by atoms with Gasteiger partial charge in [-0.25, -0.2) is 0 Å². The van der Waals surface area contributed by atoms with E-state index in [1.807, 2.05) is 48.5 Å². The smallest absolute Gasteiger partial charge is 0.467 e. The van der Waals surface area contributed by atoms with Gasteiger partial charge in [0.25, 0.3) is 0 Å². The zero-order chi connectivity index (χ0) is 24.2. The van der Waals surface area contributed by atoms with Crippen LogP contribution in [0.4, 0.5) is 0 Å². The van der Waals surface area contributed by atoms with Gasteiger partial charge in [-0.3, -0.25) is 0 Å². The van der Waals surface area contributed by atoms with Crippen LogP contribution in [0.25, 0.3) is 32.7 Å². The third-order valence-electron chi connectivity index (χ3n) is 5.51. The van der Waals surface area contributed by atoms with Crippen molar-refractivity contribution in [3.8, 4) is 22.6 Å². The largest absolute Gasteiger partial charge is 0.492 e. The van der Waals surface area contributed by atoms with E-state index < -0.39 is 14.2 Å². The van der Waals surface area contributed by atoms with Gasteiger partial charge in [-0.1, -0.05) is 60.7 Å². The molecule has 0 spiro atoms. The molecule has 8 nitrogen and oxygen atoms in total. The first-order valence-electron chi connectivity index (χ1n) is 10.5. The number of rotatable bonds is 9. The second-order valence-electron chi connectivity index (χ2n) is 7.63. The molecule has 4 N–H and O–H groups in total. The predicted octanol–water partition coefficient (Wildman–Crippen LogP) is 0.985. The van der Waals surface area contributed by atoms with Gasteiger partial charge in [-0.2, -0.15) is 0 Å². The predicted molar refractivity (Wildman–Crippen MR) is 132 cm³/mol. The minimum atomic E-state index is -1.84. The van der Waals surface area contributed by atoms with Crippen molar-refractivity contribution in [1.82, 2.24) is 0 Å². The van der Waals surface area contributed by atoms with Gasteiger partial charge in [0.2, 0.25) is 0 Å². The number of ether oxygens (including phenoxy) is 4. The zero-order valence-electron chi connectivity index (χ0n) is 18.8. The Morgan fingerprint density at radius 3 is 1.35 bits per heavy atom. The molecule has 0 aliphatic rings. The maximum Gasteiger partial charge on any atom is 0.492 e. The summed E-state index contributed by atoms with van der Waals surface area (Å²) in [5, 5.41) is 43.7. The molecule has 0 aliphatic carbocycles. The molecule has 0 bridgehead atoms. The van der Waals surface area contributed by atoms with Crippen molar-refractivity contribution >= 4 is 46.7 Å². The molecule has 4 rings (SSSR count). The van der Waals surface area contributed by atoms with Crippen molar-refractivity contribution < 1.29 is 39.0 Å². The van der Waals surface area contributed by atoms with Gasteiger partial charge in [0, 0.05) is 36.3 Å². The van der Waals surface area contributed by atoms with Crippen molar-refractivity contribution in [3.05, 3.63) is 60.7 Å². The van der Waals surface area contributed by atoms with Crippen LogP contribution in [-0.2, 0) is 9.47 Å². The fourth-order valence-electron chi connectivity index (χ4n) is 4.13. The van der Waals surface area contributed by atoms with Crippen molar-refractivity contribution in [1.29, 1.82) is 0 Å². The van der Waals surface area contributed by atoms with E-state index >= 15 is 0 Å². The highest BCUT2D eigenvalue weighted by Crippen LogP contribution is 2.44. The van der Waals surface area contributed by atoms with E-state index in [0.29, 0.717) is 11.1 Å². The Labute approximate surface area is 197 Å². The minimum Gasteiger partial charge on any atom is -0.467 e. The summed E-state index contributed by atoms with van der Waals surface area (Å²) in [6.45, 7) is -0.306. The molecule has 0 atom stereocenters. The van der Waals surface area contributed by atoms with Crippen LogP contribution < -0.4 is 20.4 Å². The summed E-state index contributed by atoms with van der Waals surface area (Å²) in [4.78, 5) is 0. The molecule has 0 radical (unpaired) electrons. The normalized spacial score (nSPS) is 11.1. The molecule has 0 aromatic heterocycles. The molecule has 0 heterocycles. The van der Waals surface area contributed by atoms with E-state index in [0.717, 1.165) is 21.5 Å². The third kappa shape index (κ3) is 4.47. The van der Waals surface area contributed by atoms with Crippen LogP contribution in [0.15, 0.2) is 60.7 Å². The average molecular weight is 462 g/mol. The summed E-state index contributed by atoms with van der Waals surface area (Å²) in [7, 11) is -0.755. The molecule has 0 amide bonds. The first-order valence-corrected chi connectivity index (χ1v) is 10.5. The Morgan fingerprint density at radius 2 is 1.00 bits per heavy atom. The van der Waals surface area contributed by atoms with Crippen LogP contribution in [0.3, 0.4) is 0 Å². The molecule has 0 saturated heterocycles. The van der Waals surface area contributed by atoms with Crippen LogP contribution in [0, 0.1) is 0 Å². The summed E-state index contributed by atoms with van der Waals surface area (Å²) in [5.74, 6) is 0.347. The van der Waals surface area contributed by atoms with E-state index in [4.69, 9.17) is 18.9 Å². The summed E-state index contributed by atoms with van der Waals surface area (Å²) >= 11 is 0. The van der Waals surface area contributed by atoms with Gasteiger partial charge in [0.05, 0.1) is 0 Å². The standard InChI is InChI=1S/C24H24B2O8/c1-31-13-33-23-19(25(27)28)11-15-7-3-5-9-17(15)21(23)22-18-10-6-4-8-16(18)12-20(26(29)30)24(22)34-14-32-2/h3-12,27-30H,13-14H2,1-2H3. The lowest BCUT2D eigenvalue weighted by Gasteiger charge is -2.23. The molecule has 4 aromatic carbocycles. The Morgan fingerprint density at radius 1 is 0.618 bits per heavy atom. The van der Waals surface area contributed by atoms with Crippen LogP contribution in [-0.4, -0.2) is 62.1 Å². The van der Waals surface area contributed by atoms with E-state index in [2.05, 4.69) is 0 Å². The van der Waals surface area contributed by atoms with Crippen LogP contribution >= 0.6 is 0 Å². The molecule has 0 unspecified atom stereocenters. The van der Waals surface area contributed by atoms with E-state index in [1.54, 1.807) is 12.1 Å². The van der Waals surface area contributed by atoms with Gasteiger partial charge in [-0.05, 0) is 21.5 Å². The fourth-order valence-corrected chi connectivity index (χ4v) is 4.13. The highest BCUT2D eigenvalue weighted by atomic mass is 16.7. The number of hydrogen-bond acceptors (Lipinski definition) is 8. The van der Waals surface area contributed by atoms with E-state index in [-0.39, 0.29) is 36.0 Å². The van der Waals surface area contributed by atoms with Gasteiger partial charge >= 0.3 is 14.2 Å². The quantitative estimate of drug-likeness (QED) is 0.215. The van der Waals surface area contributed by atoms with Gasteiger partial charge in [0.15, 0.2) is 13.6 Å². The Hall–Kier alpha value is -3.11. The SMILES string of the molecule is COCOc1c(B(O)O)cc2ccccc2c1-c1c(OCOC)c(B(O)O)cc2ccccc12. The summed E-state index contributed by atoms with van der Waals surface area (Å²) in [5.41, 5.74) is 1.23. The lowest BCUT2D eigenvalue weighted by atomic mass is 9.73. The number of methoxy groups -OCH3 is 2. The molecule has 10 heteroatoms. The maximum atomic E-state index is 10.2. The average Bonchev–Trinajstić information content (AvgIpc) is 2.84. The topological polar surface area (TPSA) is 118 Å². The Bertz CT molecular complexity index is 1210. The fraction of sp³-hybridized carbons (Fsp3) is 0.167. The van der Waals surface area contributed by atoms with Crippen LogP contribution in [0.5, 0.6) is 11.5 Å². The highest BCUT2D eigenvalue weighted by Gasteiger charge is 2.30. The molecule has 4 aromatic rings. The van der Waals surface area contributed by atoms with Crippen LogP contribution in [0.2, 0.25) is 0 Å². The molecular weight excluding hydrogens is 438 g/mol. The monoisotopic (exact) mass is 462 g/mol. The summed E-state index contributed by atoms with van der Waals surface area (Å²) in [6, 6.07) is 18.1. The van der Waals surface area contributed by atoms with Gasteiger partial charge in [-0.15, -0.1) is 0 Å². The first-order chi connectivity index (χ1) is 16.5. The molecule has 0 aliphatic heterocycles. The number of benzene rings is 4. The van der Waals surface area contributed by atoms with Gasteiger partial charge < -0.3 is 39.0 Å². The minimum absolute atomic E-state index is 0.127. The van der Waals surface area contributed by atoms with Crippen molar-refractivity contribution in [3.63, 3.8) is 0 Å². The molecule has 0 saturated carbocycles. The molecule has 34 heavy (non-hydrogen) atoms. The second-order valence-corrected chi connectivity index (χ2v) is 7.63. The number of fused-ring (bicyclic) bond motifs is 2. The maximum absolute atomic E-state index is 10.2. The van der Waals surface area contributed by atoms with E-state index in [1.165, 1.54) is 14.2 Å². The zero-order valence-corrected chi connectivity index (χ0v) is 18.8. The Balaban J connectivity index is 2.23. The van der Waals surface area contributed by atoms with Crippen molar-refractivity contribution in [2.45, 2.75) is 0 Å². The summed E-state index contributed by atoms with van der Waals surface area (Å²) in [6.07, 6.45) is 0. The molecule has 174 valence electrons.